The molecule has 2 N–H and O–H groups in total. The molecule has 1 aromatic heterocycles. The summed E-state index contributed by atoms with van der Waals surface area (Å²) in [5.41, 5.74) is 0.815. The van der Waals surface area contributed by atoms with Crippen LogP contribution >= 0.6 is 0 Å². The van der Waals surface area contributed by atoms with Crippen molar-refractivity contribution < 1.29 is 14.5 Å². The van der Waals surface area contributed by atoms with E-state index in [1.165, 1.54) is 22.9 Å². The molecule has 0 radical (unpaired) electrons. The Bertz CT molecular complexity index is 873. The van der Waals surface area contributed by atoms with Crippen molar-refractivity contribution in [3.63, 3.8) is 0 Å². The summed E-state index contributed by atoms with van der Waals surface area (Å²) in [4.78, 5) is 35.5. The van der Waals surface area contributed by atoms with Crippen LogP contribution in [0.15, 0.2) is 24.4 Å². The standard InChI is InChI=1S/C18H23N5O4/c1-5-22-10-14(16(21-22)18(25)19-9-11(2)3)20-17(24)13-7-6-12(4)15(8-13)23(26)27/h6-8,10-11H,5,9H2,1-4H3,(H,19,25)(H,20,24). The van der Waals surface area contributed by atoms with Gasteiger partial charge < -0.3 is 10.6 Å². The van der Waals surface area contributed by atoms with Crippen LogP contribution < -0.4 is 10.6 Å². The summed E-state index contributed by atoms with van der Waals surface area (Å²) in [7, 11) is 0. The lowest BCUT2D eigenvalue weighted by Crippen LogP contribution is -2.28. The van der Waals surface area contributed by atoms with E-state index in [1.807, 2.05) is 20.8 Å². The van der Waals surface area contributed by atoms with Gasteiger partial charge in [-0.25, -0.2) is 0 Å². The van der Waals surface area contributed by atoms with Crippen LogP contribution in [0.4, 0.5) is 11.4 Å². The summed E-state index contributed by atoms with van der Waals surface area (Å²) in [6.07, 6.45) is 1.56. The average molecular weight is 373 g/mol. The molecule has 0 aliphatic carbocycles. The molecule has 9 nitrogen and oxygen atoms in total. The van der Waals surface area contributed by atoms with Gasteiger partial charge in [0.05, 0.1) is 10.6 Å². The first-order valence-corrected chi connectivity index (χ1v) is 8.65. The maximum Gasteiger partial charge on any atom is 0.273 e. The van der Waals surface area contributed by atoms with Crippen LogP contribution in [0.5, 0.6) is 0 Å². The second-order valence-electron chi connectivity index (χ2n) is 6.56. The first kappa shape index (κ1) is 20.1. The van der Waals surface area contributed by atoms with Gasteiger partial charge in [-0.1, -0.05) is 19.9 Å². The monoisotopic (exact) mass is 373 g/mol. The van der Waals surface area contributed by atoms with Crippen LogP contribution in [-0.2, 0) is 6.54 Å². The predicted octanol–water partition coefficient (Wildman–Crippen LogP) is 2.76. The molecule has 1 heterocycles. The number of aryl methyl sites for hydroxylation is 2. The number of nitrogens with one attached hydrogen (secondary N) is 2. The van der Waals surface area contributed by atoms with E-state index in [0.29, 0.717) is 18.7 Å². The quantitative estimate of drug-likeness (QED) is 0.571. The van der Waals surface area contributed by atoms with Crippen LogP contribution in [0, 0.1) is 23.0 Å². The number of amides is 2. The van der Waals surface area contributed by atoms with E-state index in [2.05, 4.69) is 15.7 Å². The van der Waals surface area contributed by atoms with Crippen molar-refractivity contribution >= 4 is 23.2 Å². The number of anilines is 1. The SMILES string of the molecule is CCn1cc(NC(=O)c2ccc(C)c([N+](=O)[O-])c2)c(C(=O)NCC(C)C)n1. The van der Waals surface area contributed by atoms with Crippen molar-refractivity contribution in [3.05, 3.63) is 51.3 Å². The number of benzene rings is 1. The van der Waals surface area contributed by atoms with Crippen LogP contribution in [0.2, 0.25) is 0 Å². The maximum atomic E-state index is 12.5. The van der Waals surface area contributed by atoms with Crippen molar-refractivity contribution in [3.8, 4) is 0 Å². The lowest BCUT2D eigenvalue weighted by atomic mass is 10.1. The van der Waals surface area contributed by atoms with Gasteiger partial charge in [-0.3, -0.25) is 24.4 Å². The number of nitro benzene ring substituents is 1. The Morgan fingerprint density at radius 2 is 2.00 bits per heavy atom. The number of carbonyl (C=O) groups is 2. The molecule has 0 atom stereocenters. The highest BCUT2D eigenvalue weighted by atomic mass is 16.6. The Labute approximate surface area is 156 Å². The molecule has 27 heavy (non-hydrogen) atoms. The molecule has 0 unspecified atom stereocenters. The minimum Gasteiger partial charge on any atom is -0.350 e. The Hall–Kier alpha value is -3.23. The molecule has 9 heteroatoms. The zero-order valence-electron chi connectivity index (χ0n) is 15.8. The molecule has 0 aliphatic rings. The van der Waals surface area contributed by atoms with E-state index < -0.39 is 10.8 Å². The molecule has 0 aliphatic heterocycles. The number of aromatic nitrogens is 2. The molecule has 144 valence electrons. The highest BCUT2D eigenvalue weighted by molar-refractivity contribution is 6.08. The van der Waals surface area contributed by atoms with Gasteiger partial charge in [0.25, 0.3) is 17.5 Å². The molecule has 0 bridgehead atoms. The van der Waals surface area contributed by atoms with Gasteiger partial charge in [0.15, 0.2) is 5.69 Å². The lowest BCUT2D eigenvalue weighted by molar-refractivity contribution is -0.385. The molecule has 2 rings (SSSR count). The minimum atomic E-state index is -0.549. The lowest BCUT2D eigenvalue weighted by Gasteiger charge is -2.08. The van der Waals surface area contributed by atoms with Crippen molar-refractivity contribution in [1.29, 1.82) is 0 Å². The molecule has 1 aromatic carbocycles. The third-order valence-electron chi connectivity index (χ3n) is 3.89. The molecule has 0 fully saturated rings. The topological polar surface area (TPSA) is 119 Å². The second kappa shape index (κ2) is 8.43. The van der Waals surface area contributed by atoms with E-state index in [4.69, 9.17) is 0 Å². The zero-order chi connectivity index (χ0) is 20.1. The van der Waals surface area contributed by atoms with Crippen LogP contribution in [-0.4, -0.2) is 33.1 Å². The maximum absolute atomic E-state index is 12.5. The second-order valence-corrected chi connectivity index (χ2v) is 6.56. The predicted molar refractivity (Wildman–Crippen MR) is 101 cm³/mol. The van der Waals surface area contributed by atoms with Gasteiger partial charge in [0.1, 0.15) is 0 Å². The summed E-state index contributed by atoms with van der Waals surface area (Å²) in [5, 5.41) is 20.7. The van der Waals surface area contributed by atoms with Crippen molar-refractivity contribution in [2.75, 3.05) is 11.9 Å². The first-order chi connectivity index (χ1) is 12.7. The Morgan fingerprint density at radius 3 is 2.59 bits per heavy atom. The van der Waals surface area contributed by atoms with E-state index >= 15 is 0 Å². The fraction of sp³-hybridized carbons (Fsp3) is 0.389. The highest BCUT2D eigenvalue weighted by Crippen LogP contribution is 2.21. The van der Waals surface area contributed by atoms with Gasteiger partial charge >= 0.3 is 0 Å². The average Bonchev–Trinajstić information content (AvgIpc) is 3.02. The van der Waals surface area contributed by atoms with Gasteiger partial charge in [0, 0.05) is 36.5 Å². The van der Waals surface area contributed by atoms with Crippen molar-refractivity contribution in [1.82, 2.24) is 15.1 Å². The van der Waals surface area contributed by atoms with Crippen LogP contribution in [0.3, 0.4) is 0 Å². The summed E-state index contributed by atoms with van der Waals surface area (Å²) in [6.45, 7) is 8.40. The van der Waals surface area contributed by atoms with Gasteiger partial charge in [-0.05, 0) is 25.8 Å². The number of carbonyl (C=O) groups excluding carboxylic acids is 2. The van der Waals surface area contributed by atoms with Crippen molar-refractivity contribution in [2.24, 2.45) is 5.92 Å². The van der Waals surface area contributed by atoms with Crippen LogP contribution in [0.1, 0.15) is 47.2 Å². The van der Waals surface area contributed by atoms with E-state index in [-0.39, 0.29) is 34.5 Å². The molecule has 2 aromatic rings. The third-order valence-corrected chi connectivity index (χ3v) is 3.89. The molecule has 0 saturated carbocycles. The Balaban J connectivity index is 2.27. The van der Waals surface area contributed by atoms with Gasteiger partial charge in [0.2, 0.25) is 0 Å². The number of hydrogen-bond donors (Lipinski definition) is 2. The van der Waals surface area contributed by atoms with E-state index in [9.17, 15) is 19.7 Å². The summed E-state index contributed by atoms with van der Waals surface area (Å²) in [5.74, 6) is -0.666. The smallest absolute Gasteiger partial charge is 0.273 e. The van der Waals surface area contributed by atoms with Crippen molar-refractivity contribution in [2.45, 2.75) is 34.2 Å². The number of hydrogen-bond acceptors (Lipinski definition) is 5. The third kappa shape index (κ3) is 4.90. The fourth-order valence-electron chi connectivity index (χ4n) is 2.36. The first-order valence-electron chi connectivity index (χ1n) is 8.65. The molecule has 0 spiro atoms. The van der Waals surface area contributed by atoms with Crippen LogP contribution in [0.25, 0.3) is 0 Å². The fourth-order valence-corrected chi connectivity index (χ4v) is 2.36. The summed E-state index contributed by atoms with van der Waals surface area (Å²) < 4.78 is 1.54. The Morgan fingerprint density at radius 1 is 1.30 bits per heavy atom. The molecular weight excluding hydrogens is 350 g/mol. The zero-order valence-corrected chi connectivity index (χ0v) is 15.8. The number of nitro groups is 1. The Kier molecular flexibility index (Phi) is 6.27. The summed E-state index contributed by atoms with van der Waals surface area (Å²) in [6, 6.07) is 4.23. The molecule has 0 saturated heterocycles. The number of rotatable bonds is 7. The largest absolute Gasteiger partial charge is 0.350 e. The number of nitrogens with zero attached hydrogens (tertiary/aromatic N) is 3. The normalized spacial score (nSPS) is 10.7. The van der Waals surface area contributed by atoms with E-state index in [1.54, 1.807) is 13.1 Å². The highest BCUT2D eigenvalue weighted by Gasteiger charge is 2.20. The van der Waals surface area contributed by atoms with E-state index in [0.717, 1.165) is 0 Å². The minimum absolute atomic E-state index is 0.104. The molecule has 2 amide bonds. The van der Waals surface area contributed by atoms with Gasteiger partial charge in [-0.2, -0.15) is 5.10 Å². The summed E-state index contributed by atoms with van der Waals surface area (Å²) >= 11 is 0. The van der Waals surface area contributed by atoms with Gasteiger partial charge in [-0.15, -0.1) is 0 Å². The molecular formula is C18H23N5O4.